The Balaban J connectivity index is 1.98. The molecule has 1 N–H and O–H groups in total. The number of halogens is 1. The molecule has 6 heteroatoms. The molecule has 2 aromatic rings. The van der Waals surface area contributed by atoms with Crippen LogP contribution < -0.4 is 5.32 Å². The van der Waals surface area contributed by atoms with Crippen LogP contribution >= 0.6 is 11.6 Å². The van der Waals surface area contributed by atoms with Crippen molar-refractivity contribution in [3.8, 4) is 0 Å². The normalized spacial score (nSPS) is 11.5. The van der Waals surface area contributed by atoms with Crippen molar-refractivity contribution in [2.75, 3.05) is 0 Å². The quantitative estimate of drug-likeness (QED) is 0.633. The molecule has 0 saturated carbocycles. The molecular weight excluding hydrogens is 342 g/mol. The van der Waals surface area contributed by atoms with Gasteiger partial charge in [-0.25, -0.2) is 4.79 Å². The molecule has 0 aliphatic heterocycles. The molecule has 5 nitrogen and oxygen atoms in total. The van der Waals surface area contributed by atoms with Crippen LogP contribution in [0.5, 0.6) is 0 Å². The summed E-state index contributed by atoms with van der Waals surface area (Å²) in [7, 11) is 0. The highest BCUT2D eigenvalue weighted by molar-refractivity contribution is 6.31. The maximum atomic E-state index is 12.3. The average Bonchev–Trinajstić information content (AvgIpc) is 2.59. The number of ketones is 1. The molecule has 0 saturated heterocycles. The van der Waals surface area contributed by atoms with Gasteiger partial charge in [-0.1, -0.05) is 35.9 Å². The van der Waals surface area contributed by atoms with Crippen molar-refractivity contribution in [2.45, 2.75) is 26.5 Å². The summed E-state index contributed by atoms with van der Waals surface area (Å²) in [6.45, 7) is 3.34. The molecule has 0 radical (unpaired) electrons. The zero-order valence-corrected chi connectivity index (χ0v) is 14.7. The molecule has 0 aromatic heterocycles. The molecule has 0 heterocycles. The van der Waals surface area contributed by atoms with Gasteiger partial charge >= 0.3 is 5.97 Å². The number of carbonyl (C=O) groups is 3. The van der Waals surface area contributed by atoms with Gasteiger partial charge in [-0.2, -0.15) is 0 Å². The van der Waals surface area contributed by atoms with Crippen LogP contribution in [0.3, 0.4) is 0 Å². The second-order valence-corrected chi connectivity index (χ2v) is 5.97. The molecule has 0 aliphatic rings. The summed E-state index contributed by atoms with van der Waals surface area (Å²) < 4.78 is 5.23. The van der Waals surface area contributed by atoms with E-state index in [4.69, 9.17) is 16.3 Å². The number of ether oxygens (including phenoxy) is 1. The van der Waals surface area contributed by atoms with Crippen LogP contribution in [0.2, 0.25) is 5.02 Å². The summed E-state index contributed by atoms with van der Waals surface area (Å²) in [6, 6.07) is 13.1. The number of esters is 1. The van der Waals surface area contributed by atoms with Crippen molar-refractivity contribution in [3.63, 3.8) is 0 Å². The minimum absolute atomic E-state index is 0.128. The number of carbonyl (C=O) groups excluding carboxylic acids is 3. The highest BCUT2D eigenvalue weighted by atomic mass is 35.5. The molecule has 0 aliphatic carbocycles. The van der Waals surface area contributed by atoms with E-state index < -0.39 is 12.1 Å². The third-order valence-electron chi connectivity index (χ3n) is 3.49. The molecule has 25 heavy (non-hydrogen) atoms. The number of benzene rings is 2. The van der Waals surface area contributed by atoms with Crippen molar-refractivity contribution in [1.82, 2.24) is 5.32 Å². The second-order valence-electron chi connectivity index (χ2n) is 5.53. The Hall–Kier alpha value is -2.66. The Kier molecular flexibility index (Phi) is 6.31. The fourth-order valence-corrected chi connectivity index (χ4v) is 2.33. The first kappa shape index (κ1) is 18.7. The Bertz CT molecular complexity index is 786. The molecule has 0 spiro atoms. The van der Waals surface area contributed by atoms with Crippen molar-refractivity contribution in [2.24, 2.45) is 0 Å². The minimum atomic E-state index is -0.926. The van der Waals surface area contributed by atoms with E-state index in [1.165, 1.54) is 19.9 Å². The van der Waals surface area contributed by atoms with Crippen molar-refractivity contribution < 1.29 is 19.1 Å². The summed E-state index contributed by atoms with van der Waals surface area (Å²) in [5.74, 6) is -1.04. The molecule has 2 rings (SSSR count). The topological polar surface area (TPSA) is 72.5 Å². The standard InChI is InChI=1S/C19H18ClNO4/c1-12(18(23)16-4-3-5-17(20)10-16)25-19(24)15-8-6-14(7-9-15)11-21-13(2)22/h3-10,12H,11H2,1-2H3,(H,21,22). The predicted octanol–water partition coefficient (Wildman–Crippen LogP) is 3.40. The Labute approximate surface area is 150 Å². The summed E-state index contributed by atoms with van der Waals surface area (Å²) in [6.07, 6.45) is -0.926. The highest BCUT2D eigenvalue weighted by Gasteiger charge is 2.20. The van der Waals surface area contributed by atoms with Gasteiger partial charge in [-0.05, 0) is 36.8 Å². The first-order valence-corrected chi connectivity index (χ1v) is 8.09. The van der Waals surface area contributed by atoms with E-state index in [0.717, 1.165) is 5.56 Å². The molecule has 2 aromatic carbocycles. The summed E-state index contributed by atoms with van der Waals surface area (Å²) in [4.78, 5) is 35.3. The number of Topliss-reactive ketones (excluding diaryl/α,β-unsaturated/α-hetero) is 1. The second kappa shape index (κ2) is 8.44. The van der Waals surface area contributed by atoms with Crippen LogP contribution in [-0.4, -0.2) is 23.8 Å². The Morgan fingerprint density at radius 3 is 2.36 bits per heavy atom. The van der Waals surface area contributed by atoms with E-state index >= 15 is 0 Å². The zero-order valence-electron chi connectivity index (χ0n) is 13.9. The number of rotatable bonds is 6. The summed E-state index contributed by atoms with van der Waals surface area (Å²) in [5, 5.41) is 3.11. The largest absolute Gasteiger partial charge is 0.451 e. The van der Waals surface area contributed by atoms with Gasteiger partial charge in [0.1, 0.15) is 0 Å². The maximum absolute atomic E-state index is 12.3. The van der Waals surface area contributed by atoms with Crippen molar-refractivity contribution in [1.29, 1.82) is 0 Å². The average molecular weight is 360 g/mol. The van der Waals surface area contributed by atoms with Gasteiger partial charge in [0.15, 0.2) is 6.10 Å². The number of hydrogen-bond donors (Lipinski definition) is 1. The fourth-order valence-electron chi connectivity index (χ4n) is 2.14. The molecule has 1 unspecified atom stereocenters. The van der Waals surface area contributed by atoms with Crippen LogP contribution in [0.1, 0.15) is 40.1 Å². The zero-order chi connectivity index (χ0) is 18.4. The lowest BCUT2D eigenvalue weighted by molar-refractivity contribution is -0.119. The van der Waals surface area contributed by atoms with E-state index in [0.29, 0.717) is 22.7 Å². The lowest BCUT2D eigenvalue weighted by Crippen LogP contribution is -2.24. The number of hydrogen-bond acceptors (Lipinski definition) is 4. The van der Waals surface area contributed by atoms with Gasteiger partial charge in [0, 0.05) is 24.1 Å². The van der Waals surface area contributed by atoms with Crippen molar-refractivity contribution >= 4 is 29.3 Å². The minimum Gasteiger partial charge on any atom is -0.451 e. The lowest BCUT2D eigenvalue weighted by Gasteiger charge is -2.13. The van der Waals surface area contributed by atoms with Gasteiger partial charge in [0.05, 0.1) is 5.56 Å². The number of amides is 1. The lowest BCUT2D eigenvalue weighted by atomic mass is 10.1. The van der Waals surface area contributed by atoms with Crippen molar-refractivity contribution in [3.05, 3.63) is 70.2 Å². The summed E-state index contributed by atoms with van der Waals surface area (Å²) in [5.41, 5.74) is 1.57. The van der Waals surface area contributed by atoms with E-state index in [2.05, 4.69) is 5.32 Å². The van der Waals surface area contributed by atoms with Crippen LogP contribution in [0, 0.1) is 0 Å². The summed E-state index contributed by atoms with van der Waals surface area (Å²) >= 11 is 5.87. The van der Waals surface area contributed by atoms with Crippen LogP contribution in [0.15, 0.2) is 48.5 Å². The maximum Gasteiger partial charge on any atom is 0.338 e. The highest BCUT2D eigenvalue weighted by Crippen LogP contribution is 2.15. The third-order valence-corrected chi connectivity index (χ3v) is 3.73. The molecule has 0 bridgehead atoms. The first-order valence-electron chi connectivity index (χ1n) is 7.71. The molecule has 0 fully saturated rings. The Morgan fingerprint density at radius 1 is 1.08 bits per heavy atom. The monoisotopic (exact) mass is 359 g/mol. The van der Waals surface area contributed by atoms with Gasteiger partial charge in [0.2, 0.25) is 11.7 Å². The molecular formula is C19H18ClNO4. The van der Waals surface area contributed by atoms with E-state index in [1.807, 2.05) is 0 Å². The first-order chi connectivity index (χ1) is 11.9. The molecule has 130 valence electrons. The van der Waals surface area contributed by atoms with Gasteiger partial charge < -0.3 is 10.1 Å². The fraction of sp³-hybridized carbons (Fsp3) is 0.211. The van der Waals surface area contributed by atoms with Crippen LogP contribution in [-0.2, 0) is 16.1 Å². The molecule has 1 atom stereocenters. The number of nitrogens with one attached hydrogen (secondary N) is 1. The van der Waals surface area contributed by atoms with E-state index in [-0.39, 0.29) is 11.7 Å². The predicted molar refractivity (Wildman–Crippen MR) is 94.6 cm³/mol. The van der Waals surface area contributed by atoms with Gasteiger partial charge in [-0.3, -0.25) is 9.59 Å². The third kappa shape index (κ3) is 5.43. The van der Waals surface area contributed by atoms with Crippen LogP contribution in [0.4, 0.5) is 0 Å². The van der Waals surface area contributed by atoms with E-state index in [1.54, 1.807) is 42.5 Å². The SMILES string of the molecule is CC(=O)NCc1ccc(C(=O)OC(C)C(=O)c2cccc(Cl)c2)cc1. The Morgan fingerprint density at radius 2 is 1.76 bits per heavy atom. The molecule has 1 amide bonds. The smallest absolute Gasteiger partial charge is 0.338 e. The van der Waals surface area contributed by atoms with E-state index in [9.17, 15) is 14.4 Å². The van der Waals surface area contributed by atoms with Gasteiger partial charge in [0.25, 0.3) is 0 Å². The van der Waals surface area contributed by atoms with Crippen LogP contribution in [0.25, 0.3) is 0 Å². The van der Waals surface area contributed by atoms with Gasteiger partial charge in [-0.15, -0.1) is 0 Å².